The molecule has 1 aliphatic carbocycles. The number of allylic oxidation sites excluding steroid dienone is 2. The first-order valence-corrected chi connectivity index (χ1v) is 11.6. The zero-order chi connectivity index (χ0) is 25.2. The monoisotopic (exact) mass is 484 g/mol. The molecule has 0 bridgehead atoms. The first-order valence-electron chi connectivity index (χ1n) is 11.6. The van der Waals surface area contributed by atoms with Gasteiger partial charge in [0.2, 0.25) is 0 Å². The van der Waals surface area contributed by atoms with Crippen molar-refractivity contribution in [3.8, 4) is 5.75 Å². The molecule has 0 saturated heterocycles. The van der Waals surface area contributed by atoms with Crippen LogP contribution in [0.1, 0.15) is 67.0 Å². The van der Waals surface area contributed by atoms with Gasteiger partial charge in [-0.3, -0.25) is 9.78 Å². The Balaban J connectivity index is 1.65. The zero-order valence-electron chi connectivity index (χ0n) is 19.5. The minimum Gasteiger partial charge on any atom is -0.490 e. The van der Waals surface area contributed by atoms with Crippen molar-refractivity contribution in [2.75, 3.05) is 0 Å². The van der Waals surface area contributed by atoms with Gasteiger partial charge in [0.1, 0.15) is 5.75 Å². The van der Waals surface area contributed by atoms with E-state index in [1.807, 2.05) is 36.4 Å². The third kappa shape index (κ3) is 5.75. The number of hydrogen-bond acceptors (Lipinski definition) is 3. The maximum Gasteiger partial charge on any atom is 0.416 e. The Labute approximate surface area is 200 Å². The van der Waals surface area contributed by atoms with E-state index < -0.39 is 23.0 Å². The predicted molar refractivity (Wildman–Crippen MR) is 129 cm³/mol. The molecule has 0 radical (unpaired) electrons. The van der Waals surface area contributed by atoms with E-state index in [1.165, 1.54) is 6.07 Å². The Bertz CT molecular complexity index is 1340. The van der Waals surface area contributed by atoms with Crippen LogP contribution in [0.25, 0.3) is 5.57 Å². The minimum absolute atomic E-state index is 0.0867. The SMILES string of the molecule is CC(C)Oc1cc(C(F)(F)F)ccc1C1=CCC(c2[nH]c(=O)[nH]c(=O)c2Cc2ccccc2)CC1. The van der Waals surface area contributed by atoms with Gasteiger partial charge in [0, 0.05) is 29.2 Å². The molecule has 3 aromatic rings. The second-order valence-corrected chi connectivity index (χ2v) is 9.04. The van der Waals surface area contributed by atoms with Crippen molar-refractivity contribution < 1.29 is 17.9 Å². The average Bonchev–Trinajstić information content (AvgIpc) is 2.80. The number of ether oxygens (including phenoxy) is 1. The lowest BCUT2D eigenvalue weighted by Gasteiger charge is -2.25. The largest absolute Gasteiger partial charge is 0.490 e. The Kier molecular flexibility index (Phi) is 7.00. The lowest BCUT2D eigenvalue weighted by molar-refractivity contribution is -0.137. The maximum absolute atomic E-state index is 13.3. The van der Waals surface area contributed by atoms with Crippen LogP contribution in [0, 0.1) is 0 Å². The first kappa shape index (κ1) is 24.6. The molecule has 8 heteroatoms. The number of alkyl halides is 3. The molecule has 184 valence electrons. The van der Waals surface area contributed by atoms with E-state index in [2.05, 4.69) is 9.97 Å². The average molecular weight is 485 g/mol. The summed E-state index contributed by atoms with van der Waals surface area (Å²) in [7, 11) is 0. The summed E-state index contributed by atoms with van der Waals surface area (Å²) in [5.41, 5.74) is 1.91. The lowest BCUT2D eigenvalue weighted by atomic mass is 9.82. The number of halogens is 3. The fourth-order valence-electron chi connectivity index (χ4n) is 4.51. The molecule has 1 atom stereocenters. The van der Waals surface area contributed by atoms with Gasteiger partial charge in [0.05, 0.1) is 11.7 Å². The second-order valence-electron chi connectivity index (χ2n) is 9.04. The second kappa shape index (κ2) is 9.98. The van der Waals surface area contributed by atoms with E-state index in [1.54, 1.807) is 13.8 Å². The van der Waals surface area contributed by atoms with Crippen LogP contribution in [-0.2, 0) is 12.6 Å². The highest BCUT2D eigenvalue weighted by atomic mass is 19.4. The molecule has 2 aromatic carbocycles. The highest BCUT2D eigenvalue weighted by molar-refractivity contribution is 5.72. The van der Waals surface area contributed by atoms with Crippen LogP contribution < -0.4 is 16.0 Å². The minimum atomic E-state index is -4.46. The summed E-state index contributed by atoms with van der Waals surface area (Å²) in [6.07, 6.45) is -0.633. The molecule has 5 nitrogen and oxygen atoms in total. The summed E-state index contributed by atoms with van der Waals surface area (Å²) in [5, 5.41) is 0. The van der Waals surface area contributed by atoms with Crippen molar-refractivity contribution in [3.63, 3.8) is 0 Å². The summed E-state index contributed by atoms with van der Waals surface area (Å²) in [4.78, 5) is 29.9. The quantitative estimate of drug-likeness (QED) is 0.464. The molecule has 2 N–H and O–H groups in total. The van der Waals surface area contributed by atoms with Crippen molar-refractivity contribution >= 4 is 5.57 Å². The first-order chi connectivity index (χ1) is 16.6. The molecular weight excluding hydrogens is 457 g/mol. The van der Waals surface area contributed by atoms with E-state index in [9.17, 15) is 22.8 Å². The number of nitrogens with one attached hydrogen (secondary N) is 2. The molecule has 1 heterocycles. The van der Waals surface area contributed by atoms with E-state index >= 15 is 0 Å². The predicted octanol–water partition coefficient (Wildman–Crippen LogP) is 5.81. The summed E-state index contributed by atoms with van der Waals surface area (Å²) >= 11 is 0. The van der Waals surface area contributed by atoms with Gasteiger partial charge >= 0.3 is 11.9 Å². The number of rotatable bonds is 6. The lowest BCUT2D eigenvalue weighted by Crippen LogP contribution is -2.30. The third-order valence-electron chi connectivity index (χ3n) is 6.13. The molecular formula is C27H27F3N2O3. The molecule has 1 aromatic heterocycles. The number of hydrogen-bond donors (Lipinski definition) is 2. The fraction of sp³-hybridized carbons (Fsp3) is 0.333. The normalized spacial score (nSPS) is 16.3. The van der Waals surface area contributed by atoms with Crippen LogP contribution in [-0.4, -0.2) is 16.1 Å². The van der Waals surface area contributed by atoms with Gasteiger partial charge in [-0.05, 0) is 56.4 Å². The van der Waals surface area contributed by atoms with Gasteiger partial charge in [-0.2, -0.15) is 13.2 Å². The van der Waals surface area contributed by atoms with Gasteiger partial charge < -0.3 is 9.72 Å². The van der Waals surface area contributed by atoms with E-state index in [4.69, 9.17) is 4.74 Å². The van der Waals surface area contributed by atoms with Gasteiger partial charge in [-0.25, -0.2) is 4.79 Å². The van der Waals surface area contributed by atoms with Crippen LogP contribution in [0.2, 0.25) is 0 Å². The van der Waals surface area contributed by atoms with Crippen LogP contribution in [0.5, 0.6) is 5.75 Å². The van der Waals surface area contributed by atoms with Crippen LogP contribution in [0.3, 0.4) is 0 Å². The highest BCUT2D eigenvalue weighted by Gasteiger charge is 2.32. The maximum atomic E-state index is 13.3. The molecule has 0 amide bonds. The van der Waals surface area contributed by atoms with Crippen LogP contribution in [0.4, 0.5) is 13.2 Å². The van der Waals surface area contributed by atoms with Gasteiger partial charge in [-0.1, -0.05) is 42.5 Å². The summed E-state index contributed by atoms with van der Waals surface area (Å²) in [5.74, 6) is 0.116. The third-order valence-corrected chi connectivity index (χ3v) is 6.13. The van der Waals surface area contributed by atoms with Crippen LogP contribution >= 0.6 is 0 Å². The Hall–Kier alpha value is -3.55. The van der Waals surface area contributed by atoms with Crippen molar-refractivity contribution in [1.29, 1.82) is 0 Å². The molecule has 1 aliphatic rings. The number of H-pyrrole nitrogens is 2. The molecule has 1 unspecified atom stereocenters. The van der Waals surface area contributed by atoms with E-state index in [-0.39, 0.29) is 17.8 Å². The van der Waals surface area contributed by atoms with Crippen molar-refractivity contribution in [1.82, 2.24) is 9.97 Å². The number of aromatic amines is 2. The van der Waals surface area contributed by atoms with Gasteiger partial charge in [-0.15, -0.1) is 0 Å². The van der Waals surface area contributed by atoms with Gasteiger partial charge in [0.15, 0.2) is 0 Å². The van der Waals surface area contributed by atoms with Crippen molar-refractivity contribution in [2.45, 2.75) is 57.7 Å². The van der Waals surface area contributed by atoms with E-state index in [0.29, 0.717) is 42.5 Å². The number of aromatic nitrogens is 2. The topological polar surface area (TPSA) is 75.0 Å². The van der Waals surface area contributed by atoms with Crippen molar-refractivity contribution in [3.05, 3.63) is 103 Å². The Morgan fingerprint density at radius 2 is 1.80 bits per heavy atom. The van der Waals surface area contributed by atoms with Crippen molar-refractivity contribution in [2.24, 2.45) is 0 Å². The highest BCUT2D eigenvalue weighted by Crippen LogP contribution is 2.41. The van der Waals surface area contributed by atoms with Crippen LogP contribution in [0.15, 0.2) is 64.2 Å². The molecule has 35 heavy (non-hydrogen) atoms. The number of benzene rings is 2. The fourth-order valence-corrected chi connectivity index (χ4v) is 4.51. The van der Waals surface area contributed by atoms with Gasteiger partial charge in [0.25, 0.3) is 5.56 Å². The summed E-state index contributed by atoms with van der Waals surface area (Å²) in [6.45, 7) is 3.54. The standard InChI is InChI=1S/C27H27F3N2O3/c1-16(2)35-23-15-20(27(28,29)30)12-13-21(23)18-8-10-19(11-9-18)24-22(25(33)32-26(34)31-24)14-17-6-4-3-5-7-17/h3-8,12-13,15-16,19H,9-11,14H2,1-2H3,(H2,31,32,33,34). The molecule has 0 spiro atoms. The Morgan fingerprint density at radius 1 is 1.06 bits per heavy atom. The summed E-state index contributed by atoms with van der Waals surface area (Å²) < 4.78 is 45.5. The smallest absolute Gasteiger partial charge is 0.416 e. The zero-order valence-corrected chi connectivity index (χ0v) is 19.5. The molecule has 0 fully saturated rings. The Morgan fingerprint density at radius 3 is 2.43 bits per heavy atom. The molecule has 0 aliphatic heterocycles. The van der Waals surface area contributed by atoms with E-state index in [0.717, 1.165) is 23.3 Å². The molecule has 4 rings (SSSR count). The summed E-state index contributed by atoms with van der Waals surface area (Å²) in [6, 6.07) is 13.1. The molecule has 0 saturated carbocycles.